The molecule has 0 atom stereocenters. The highest BCUT2D eigenvalue weighted by molar-refractivity contribution is 5.96. The largest absolute Gasteiger partial charge is 0.396 e. The maximum absolute atomic E-state index is 12.3. The van der Waals surface area contributed by atoms with Gasteiger partial charge in [0.15, 0.2) is 0 Å². The maximum atomic E-state index is 12.3. The fourth-order valence-corrected chi connectivity index (χ4v) is 1.55. The van der Waals surface area contributed by atoms with Crippen LogP contribution in [0.3, 0.4) is 0 Å². The Hall–Kier alpha value is -1.35. The summed E-state index contributed by atoms with van der Waals surface area (Å²) in [5.74, 6) is -0.0976. The van der Waals surface area contributed by atoms with Gasteiger partial charge in [-0.15, -0.1) is 0 Å². The van der Waals surface area contributed by atoms with E-state index in [1.807, 2.05) is 58.9 Å². The minimum atomic E-state index is -0.485. The zero-order valence-electron chi connectivity index (χ0n) is 11.9. The molecule has 2 N–H and O–H groups in total. The van der Waals surface area contributed by atoms with E-state index >= 15 is 0 Å². The predicted molar refractivity (Wildman–Crippen MR) is 73.6 cm³/mol. The number of benzene rings is 1. The van der Waals surface area contributed by atoms with Crippen LogP contribution in [0.25, 0.3) is 0 Å². The average Bonchev–Trinajstić information content (AvgIpc) is 2.28. The van der Waals surface area contributed by atoms with E-state index in [9.17, 15) is 9.90 Å². The van der Waals surface area contributed by atoms with E-state index in [1.54, 1.807) is 0 Å². The smallest absolute Gasteiger partial charge is 0.251 e. The molecule has 0 aliphatic heterocycles. The second-order valence-electron chi connectivity index (χ2n) is 5.94. The highest BCUT2D eigenvalue weighted by Crippen LogP contribution is 2.30. The molecule has 1 amide bonds. The van der Waals surface area contributed by atoms with Gasteiger partial charge in [-0.25, -0.2) is 0 Å². The Bertz CT molecular complexity index is 436. The van der Waals surface area contributed by atoms with Crippen LogP contribution >= 0.6 is 0 Å². The number of carbonyl (C=O) groups excluding carboxylic acids is 1. The Morgan fingerprint density at radius 3 is 2.28 bits per heavy atom. The number of nitrogens with one attached hydrogen (secondary N) is 1. The third-order valence-corrected chi connectivity index (χ3v) is 3.90. The lowest BCUT2D eigenvalue weighted by atomic mass is 9.75. The van der Waals surface area contributed by atoms with E-state index in [1.165, 1.54) is 0 Å². The summed E-state index contributed by atoms with van der Waals surface area (Å²) < 4.78 is 0. The highest BCUT2D eigenvalue weighted by atomic mass is 16.3. The van der Waals surface area contributed by atoms with Crippen molar-refractivity contribution >= 4 is 5.91 Å². The molecule has 3 nitrogen and oxygen atoms in total. The number of hydrogen-bond donors (Lipinski definition) is 2. The molecule has 3 heteroatoms. The van der Waals surface area contributed by atoms with Crippen LogP contribution in [0.1, 0.15) is 43.6 Å². The molecule has 0 saturated carbocycles. The van der Waals surface area contributed by atoms with Gasteiger partial charge in [-0.2, -0.15) is 0 Å². The first-order chi connectivity index (χ1) is 8.21. The fourth-order valence-electron chi connectivity index (χ4n) is 1.55. The number of aliphatic hydroxyl groups is 1. The van der Waals surface area contributed by atoms with Gasteiger partial charge in [-0.1, -0.05) is 32.0 Å². The van der Waals surface area contributed by atoms with Crippen LogP contribution in [-0.4, -0.2) is 23.2 Å². The van der Waals surface area contributed by atoms with Crippen molar-refractivity contribution in [2.24, 2.45) is 5.41 Å². The first kappa shape index (κ1) is 14.7. The minimum absolute atomic E-state index is 0.0219. The van der Waals surface area contributed by atoms with Crippen molar-refractivity contribution in [1.29, 1.82) is 0 Å². The fraction of sp³-hybridized carbons (Fsp3) is 0.533. The molecule has 0 bridgehead atoms. The predicted octanol–water partition coefficient (Wildman–Crippen LogP) is 2.52. The van der Waals surface area contributed by atoms with Crippen molar-refractivity contribution in [2.45, 2.75) is 40.2 Å². The Morgan fingerprint density at radius 1 is 1.22 bits per heavy atom. The van der Waals surface area contributed by atoms with Crippen LogP contribution in [0.5, 0.6) is 0 Å². The Kier molecular flexibility index (Phi) is 4.17. The molecule has 0 fully saturated rings. The van der Waals surface area contributed by atoms with Crippen molar-refractivity contribution in [1.82, 2.24) is 5.32 Å². The summed E-state index contributed by atoms with van der Waals surface area (Å²) in [5.41, 5.74) is 0.763. The standard InChI is InChI=1S/C15H23NO2/c1-11-8-6-7-9-12(11)13(18)16-15(4,5)14(2,3)10-17/h6-9,17H,10H2,1-5H3,(H,16,18). The van der Waals surface area contributed by atoms with Gasteiger partial charge in [-0.05, 0) is 32.4 Å². The molecule has 0 heterocycles. The quantitative estimate of drug-likeness (QED) is 0.861. The van der Waals surface area contributed by atoms with Gasteiger partial charge in [0.2, 0.25) is 0 Å². The van der Waals surface area contributed by atoms with Crippen LogP contribution in [0.4, 0.5) is 0 Å². The third kappa shape index (κ3) is 2.91. The van der Waals surface area contributed by atoms with Gasteiger partial charge in [-0.3, -0.25) is 4.79 Å². The molecule has 100 valence electrons. The first-order valence-corrected chi connectivity index (χ1v) is 6.20. The van der Waals surface area contributed by atoms with Gasteiger partial charge in [0.05, 0.1) is 6.61 Å². The van der Waals surface area contributed by atoms with Gasteiger partial charge in [0.1, 0.15) is 0 Å². The first-order valence-electron chi connectivity index (χ1n) is 6.20. The number of aliphatic hydroxyl groups excluding tert-OH is 1. The Morgan fingerprint density at radius 2 is 1.78 bits per heavy atom. The van der Waals surface area contributed by atoms with Crippen LogP contribution in [0, 0.1) is 12.3 Å². The van der Waals surface area contributed by atoms with Crippen LogP contribution in [0.2, 0.25) is 0 Å². The normalized spacial score (nSPS) is 12.3. The second kappa shape index (κ2) is 5.11. The van der Waals surface area contributed by atoms with E-state index in [4.69, 9.17) is 0 Å². The summed E-state index contributed by atoms with van der Waals surface area (Å²) in [6.45, 7) is 9.67. The summed E-state index contributed by atoms with van der Waals surface area (Å²) in [4.78, 5) is 12.3. The molecule has 0 spiro atoms. The zero-order chi connectivity index (χ0) is 14.0. The Balaban J connectivity index is 2.92. The second-order valence-corrected chi connectivity index (χ2v) is 5.94. The van der Waals surface area contributed by atoms with Crippen LogP contribution in [0.15, 0.2) is 24.3 Å². The number of amides is 1. The molecular formula is C15H23NO2. The van der Waals surface area contributed by atoms with E-state index in [2.05, 4.69) is 5.32 Å². The maximum Gasteiger partial charge on any atom is 0.251 e. The minimum Gasteiger partial charge on any atom is -0.396 e. The lowest BCUT2D eigenvalue weighted by molar-refractivity contribution is 0.0572. The van der Waals surface area contributed by atoms with E-state index in [0.717, 1.165) is 5.56 Å². The van der Waals surface area contributed by atoms with Crippen molar-refractivity contribution in [2.75, 3.05) is 6.61 Å². The lowest BCUT2D eigenvalue weighted by Gasteiger charge is -2.41. The summed E-state index contributed by atoms with van der Waals surface area (Å²) >= 11 is 0. The molecule has 0 radical (unpaired) electrons. The van der Waals surface area contributed by atoms with Crippen LogP contribution in [-0.2, 0) is 0 Å². The summed E-state index contributed by atoms with van der Waals surface area (Å²) in [7, 11) is 0. The third-order valence-electron chi connectivity index (χ3n) is 3.90. The SMILES string of the molecule is Cc1ccccc1C(=O)NC(C)(C)C(C)(C)CO. The molecule has 0 saturated heterocycles. The highest BCUT2D eigenvalue weighted by Gasteiger charge is 2.37. The molecule has 0 unspecified atom stereocenters. The Labute approximate surface area is 109 Å². The van der Waals surface area contributed by atoms with Gasteiger partial charge < -0.3 is 10.4 Å². The summed E-state index contributed by atoms with van der Waals surface area (Å²) in [6.07, 6.45) is 0. The van der Waals surface area contributed by atoms with E-state index < -0.39 is 5.54 Å². The van der Waals surface area contributed by atoms with Crippen LogP contribution < -0.4 is 5.32 Å². The van der Waals surface area contributed by atoms with Gasteiger partial charge >= 0.3 is 0 Å². The molecule has 1 aromatic rings. The number of aryl methyl sites for hydroxylation is 1. The zero-order valence-corrected chi connectivity index (χ0v) is 11.9. The average molecular weight is 249 g/mol. The van der Waals surface area contributed by atoms with Crippen molar-refractivity contribution in [3.05, 3.63) is 35.4 Å². The lowest BCUT2D eigenvalue weighted by Crippen LogP contribution is -2.55. The molecule has 0 aliphatic carbocycles. The molecule has 0 aromatic heterocycles. The summed E-state index contributed by atoms with van der Waals surface area (Å²) in [6, 6.07) is 7.49. The van der Waals surface area contributed by atoms with Gasteiger partial charge in [0.25, 0.3) is 5.91 Å². The number of rotatable bonds is 4. The molecule has 1 rings (SSSR count). The van der Waals surface area contributed by atoms with Crippen molar-refractivity contribution in [3.8, 4) is 0 Å². The number of carbonyl (C=O) groups is 1. The molecule has 0 aliphatic rings. The van der Waals surface area contributed by atoms with Gasteiger partial charge in [0, 0.05) is 16.5 Å². The monoisotopic (exact) mass is 249 g/mol. The molecule has 18 heavy (non-hydrogen) atoms. The van der Waals surface area contributed by atoms with E-state index in [0.29, 0.717) is 5.56 Å². The number of hydrogen-bond acceptors (Lipinski definition) is 2. The molecular weight excluding hydrogens is 226 g/mol. The van der Waals surface area contributed by atoms with Crippen molar-refractivity contribution in [3.63, 3.8) is 0 Å². The summed E-state index contributed by atoms with van der Waals surface area (Å²) in [5, 5.41) is 12.4. The van der Waals surface area contributed by atoms with Crippen molar-refractivity contribution < 1.29 is 9.90 Å². The molecule has 1 aromatic carbocycles. The van der Waals surface area contributed by atoms with E-state index in [-0.39, 0.29) is 17.9 Å². The topological polar surface area (TPSA) is 49.3 Å².